The zero-order chi connectivity index (χ0) is 32.6. The molecule has 2 nitrogen and oxygen atoms in total. The van der Waals surface area contributed by atoms with Crippen molar-refractivity contribution in [3.63, 3.8) is 0 Å². The number of hydrogen-bond acceptors (Lipinski definition) is 3. The minimum Gasteiger partial charge on any atom is -0.439 e. The van der Waals surface area contributed by atoms with Crippen molar-refractivity contribution in [1.82, 2.24) is 0 Å². The van der Waals surface area contributed by atoms with Gasteiger partial charge in [0.15, 0.2) is 16.6 Å². The summed E-state index contributed by atoms with van der Waals surface area (Å²) in [4.78, 5) is 0. The lowest BCUT2D eigenvalue weighted by Gasteiger charge is -2.28. The molecule has 0 aromatic heterocycles. The van der Waals surface area contributed by atoms with E-state index in [1.165, 1.54) is 69.4 Å². The first-order chi connectivity index (χ1) is 19.1. The molecule has 0 amide bonds. The van der Waals surface area contributed by atoms with Gasteiger partial charge in [0, 0.05) is 20.5 Å². The standard InChI is InChI=1S/C7H22O2Si3.2C6H8Si.2C6H12.CH4S.2CH4/c1-10(8-11(2,3)4)9-12(5,6)7;2*7-6-4-2-1-3-5-6;2*1-3-5-6-4-2;1-2;;/h10H,1-7H3;2*1-5H,7H3;2*3H,1,4-6H2,2H3;2H,1H3;2*1H4/i/hT. The fourth-order valence-corrected chi connectivity index (χ4v) is 12.1. The van der Waals surface area contributed by atoms with Crippen molar-refractivity contribution in [3.05, 3.63) is 86.0 Å². The molecule has 0 spiro atoms. The van der Waals surface area contributed by atoms with E-state index in [1.54, 1.807) is 6.26 Å². The maximum Gasteiger partial charge on any atom is 0.297 e. The quantitative estimate of drug-likeness (QED) is 0.117. The summed E-state index contributed by atoms with van der Waals surface area (Å²) in [5.74, 6) is 0. The molecule has 0 aliphatic heterocycles. The van der Waals surface area contributed by atoms with Crippen LogP contribution in [-0.4, -0.2) is 53.8 Å². The van der Waals surface area contributed by atoms with Crippen LogP contribution in [0, 0.1) is 0 Å². The van der Waals surface area contributed by atoms with Gasteiger partial charge in [0.05, 0.1) is 0 Å². The van der Waals surface area contributed by atoms with Crippen LogP contribution in [0.4, 0.5) is 0 Å². The normalized spacial score (nSPS) is 9.83. The van der Waals surface area contributed by atoms with Crippen LogP contribution in [0.15, 0.2) is 86.0 Å². The maximum absolute atomic E-state index is 6.12. The zero-order valence-corrected chi connectivity index (χ0v) is 36.4. The van der Waals surface area contributed by atoms with E-state index in [0.717, 1.165) is 12.5 Å². The molecule has 8 heteroatoms. The van der Waals surface area contributed by atoms with Crippen molar-refractivity contribution in [3.8, 4) is 0 Å². The molecule has 0 heterocycles. The smallest absolute Gasteiger partial charge is 0.297 e. The van der Waals surface area contributed by atoms with Gasteiger partial charge in [-0.15, -0.1) is 13.2 Å². The molecular formula is C34H74O2SSi5. The van der Waals surface area contributed by atoms with Gasteiger partial charge in [-0.25, -0.2) is 0 Å². The Bertz CT molecular complexity index is 721. The molecule has 0 fully saturated rings. The second-order valence-electron chi connectivity index (χ2n) is 11.2. The Morgan fingerprint density at radius 2 is 1.00 bits per heavy atom. The van der Waals surface area contributed by atoms with Crippen molar-refractivity contribution < 1.29 is 8.23 Å². The van der Waals surface area contributed by atoms with E-state index in [-0.39, 0.29) is 14.9 Å². The third-order valence-electron chi connectivity index (χ3n) is 4.44. The summed E-state index contributed by atoms with van der Waals surface area (Å²) >= 11 is 1.000. The summed E-state index contributed by atoms with van der Waals surface area (Å²) in [6.07, 6.45) is 13.1. The third-order valence-corrected chi connectivity index (χ3v) is 14.1. The highest BCUT2D eigenvalue weighted by Crippen LogP contribution is 2.10. The summed E-state index contributed by atoms with van der Waals surface area (Å²) in [6, 6.07) is 21.0. The Morgan fingerprint density at radius 1 is 0.738 bits per heavy atom. The van der Waals surface area contributed by atoms with E-state index in [0.29, 0.717) is 0 Å². The monoisotopic (exact) mass is 688 g/mol. The highest BCUT2D eigenvalue weighted by atomic mass is 32.1. The van der Waals surface area contributed by atoms with Gasteiger partial charge in [-0.3, -0.25) is 0 Å². The molecule has 248 valence electrons. The fourth-order valence-electron chi connectivity index (χ4n) is 2.79. The lowest BCUT2D eigenvalue weighted by atomic mass is 10.3. The van der Waals surface area contributed by atoms with Crippen LogP contribution >= 0.6 is 12.5 Å². The average molecular weight is 689 g/mol. The lowest BCUT2D eigenvalue weighted by Crippen LogP contribution is -2.41. The molecule has 0 atom stereocenters. The van der Waals surface area contributed by atoms with Crippen LogP contribution in [0.5, 0.6) is 0 Å². The van der Waals surface area contributed by atoms with E-state index in [1.807, 2.05) is 24.3 Å². The Balaban J connectivity index is -0.0000000984. The molecule has 0 aliphatic rings. The molecule has 0 aliphatic carbocycles. The van der Waals surface area contributed by atoms with Gasteiger partial charge in [0.25, 0.3) is 9.28 Å². The van der Waals surface area contributed by atoms with Crippen molar-refractivity contribution >= 4 is 69.3 Å². The van der Waals surface area contributed by atoms with Crippen LogP contribution in [0.1, 0.15) is 67.2 Å². The predicted molar refractivity (Wildman–Crippen MR) is 222 cm³/mol. The van der Waals surface area contributed by atoms with E-state index < -0.39 is 25.9 Å². The van der Waals surface area contributed by atoms with Crippen LogP contribution < -0.4 is 10.4 Å². The van der Waals surface area contributed by atoms with Gasteiger partial charge in [0.1, 0.15) is 1.12 Å². The SMILES string of the molecule is C.C.C=CCCCC.C=CCCCC.C[SiH](O[Si](C)(C)C)O[Si](C)(C)C.[3H]SC.[SiH3]c1ccccc1.[SiH3]c1ccccc1. The Hall–Kier alpha value is -0.726. The van der Waals surface area contributed by atoms with Gasteiger partial charge in [-0.1, -0.05) is 138 Å². The van der Waals surface area contributed by atoms with E-state index in [9.17, 15) is 0 Å². The molecule has 0 radical (unpaired) electrons. The van der Waals surface area contributed by atoms with Gasteiger partial charge >= 0.3 is 0 Å². The van der Waals surface area contributed by atoms with Gasteiger partial charge in [0.2, 0.25) is 0 Å². The molecule has 0 saturated heterocycles. The van der Waals surface area contributed by atoms with Crippen molar-refractivity contribution in [2.24, 2.45) is 0 Å². The number of hydrogen-bond donors (Lipinski definition) is 1. The Morgan fingerprint density at radius 3 is 1.12 bits per heavy atom. The van der Waals surface area contributed by atoms with Crippen LogP contribution in [0.3, 0.4) is 0 Å². The summed E-state index contributed by atoms with van der Waals surface area (Å²) in [7, 11) is -1.70. The molecule has 2 rings (SSSR count). The summed E-state index contributed by atoms with van der Waals surface area (Å²) in [5, 5.41) is 2.92. The summed E-state index contributed by atoms with van der Waals surface area (Å²) in [5.41, 5.74) is 0. The third kappa shape index (κ3) is 58.8. The molecule has 42 heavy (non-hydrogen) atoms. The highest BCUT2D eigenvalue weighted by molar-refractivity contribution is 7.79. The zero-order valence-electron chi connectivity index (χ0n) is 29.4. The van der Waals surface area contributed by atoms with E-state index in [2.05, 4.69) is 121 Å². The second kappa shape index (κ2) is 38.3. The van der Waals surface area contributed by atoms with Crippen LogP contribution in [0.25, 0.3) is 0 Å². The van der Waals surface area contributed by atoms with Crippen LogP contribution in [-0.2, 0) is 8.23 Å². The number of allylic oxidation sites excluding steroid dienone is 2. The van der Waals surface area contributed by atoms with Crippen molar-refractivity contribution in [2.45, 2.75) is 113 Å². The predicted octanol–water partition coefficient (Wildman–Crippen LogP) is 8.44. The minimum absolute atomic E-state index is 0. The van der Waals surface area contributed by atoms with Crippen molar-refractivity contribution in [2.75, 3.05) is 6.26 Å². The molecule has 0 unspecified atom stereocenters. The summed E-state index contributed by atoms with van der Waals surface area (Å²) in [6.45, 7) is 27.0. The first kappa shape index (κ1) is 50.9. The van der Waals surface area contributed by atoms with Gasteiger partial charge in [-0.2, -0.15) is 12.5 Å². The lowest BCUT2D eigenvalue weighted by molar-refractivity contribution is 0.428. The van der Waals surface area contributed by atoms with Gasteiger partial charge in [-0.05, 0) is 64.9 Å². The first-order valence-electron chi connectivity index (χ1n) is 15.1. The molecule has 0 bridgehead atoms. The van der Waals surface area contributed by atoms with E-state index >= 15 is 0 Å². The second-order valence-corrected chi connectivity index (χ2v) is 25.0. The molecule has 2 aromatic carbocycles. The average Bonchev–Trinajstić information content (AvgIpc) is 2.87. The summed E-state index contributed by atoms with van der Waals surface area (Å²) < 4.78 is 17.9. The first-order valence-corrected chi connectivity index (χ1v) is 26.5. The minimum atomic E-state index is -1.36. The Kier molecular flexibility index (Phi) is 46.4. The molecule has 0 N–H and O–H groups in total. The largest absolute Gasteiger partial charge is 0.439 e. The van der Waals surface area contributed by atoms with E-state index in [4.69, 9.17) is 9.35 Å². The fraction of sp³-hybridized carbons (Fsp3) is 0.529. The highest BCUT2D eigenvalue weighted by Gasteiger charge is 2.24. The molecular weight excluding hydrogens is 613 g/mol. The number of thiol groups is 1. The van der Waals surface area contributed by atoms with Gasteiger partial charge < -0.3 is 8.23 Å². The number of benzene rings is 2. The topological polar surface area (TPSA) is 18.5 Å². The van der Waals surface area contributed by atoms with Crippen molar-refractivity contribution in [1.29, 1.82) is 1.12 Å². The molecule has 2 aromatic rings. The number of unbranched alkanes of at least 4 members (excludes halogenated alkanes) is 4. The van der Waals surface area contributed by atoms with Crippen LogP contribution in [0.2, 0.25) is 45.8 Å². The molecule has 0 saturated carbocycles. The Labute approximate surface area is 282 Å². The maximum atomic E-state index is 6.12. The number of rotatable bonds is 10.